The van der Waals surface area contributed by atoms with E-state index in [2.05, 4.69) is 55.8 Å². The van der Waals surface area contributed by atoms with Gasteiger partial charge < -0.3 is 14.8 Å². The number of hydrogen-bond acceptors (Lipinski definition) is 6. The van der Waals surface area contributed by atoms with Crippen LogP contribution in [0.5, 0.6) is 0 Å². The first-order valence-electron chi connectivity index (χ1n) is 16.4. The fourth-order valence-corrected chi connectivity index (χ4v) is 11.0. The highest BCUT2D eigenvalue weighted by atomic mass is 32.2. The second-order valence-corrected chi connectivity index (χ2v) is 15.6. The maximum Gasteiger partial charge on any atom is 0.175 e. The number of para-hydroxylation sites is 2. The Morgan fingerprint density at radius 3 is 2.67 bits per heavy atom. The third-order valence-electron chi connectivity index (χ3n) is 12.4. The second kappa shape index (κ2) is 10.1. The van der Waals surface area contributed by atoms with Gasteiger partial charge in [0.1, 0.15) is 5.60 Å². The topological polar surface area (TPSA) is 93.2 Å². The summed E-state index contributed by atoms with van der Waals surface area (Å²) in [5.74, 6) is 0.555. The van der Waals surface area contributed by atoms with Gasteiger partial charge in [-0.1, -0.05) is 61.0 Å². The highest BCUT2D eigenvalue weighted by molar-refractivity contribution is 7.99. The van der Waals surface area contributed by atoms with Gasteiger partial charge in [0, 0.05) is 12.5 Å². The molecule has 2 aromatic carbocycles. The van der Waals surface area contributed by atoms with E-state index in [0.717, 1.165) is 53.3 Å². The molecule has 8 rings (SSSR count). The summed E-state index contributed by atoms with van der Waals surface area (Å²) in [5, 5.41) is 29.8. The van der Waals surface area contributed by atoms with Crippen LogP contribution in [0, 0.1) is 35.5 Å². The number of aliphatic hydroxyl groups is 2. The van der Waals surface area contributed by atoms with Crippen LogP contribution in [-0.2, 0) is 18.3 Å². The monoisotopic (exact) mass is 622 g/mol. The van der Waals surface area contributed by atoms with Crippen LogP contribution in [0.2, 0.25) is 0 Å². The number of aliphatic hydroxyl groups excluding tert-OH is 1. The summed E-state index contributed by atoms with van der Waals surface area (Å²) in [6.07, 6.45) is 8.25. The molecule has 0 saturated heterocycles. The number of ketones is 1. The van der Waals surface area contributed by atoms with Crippen molar-refractivity contribution in [1.82, 2.24) is 19.3 Å². The molecule has 2 N–H and O–H groups in total. The van der Waals surface area contributed by atoms with Crippen LogP contribution in [0.25, 0.3) is 22.8 Å². The quantitative estimate of drug-likeness (QED) is 0.254. The Labute approximate surface area is 268 Å². The van der Waals surface area contributed by atoms with Crippen LogP contribution in [-0.4, -0.2) is 52.8 Å². The van der Waals surface area contributed by atoms with E-state index in [0.29, 0.717) is 12.8 Å². The number of fused-ring (bicyclic) bond motifs is 7. The lowest BCUT2D eigenvalue weighted by Crippen LogP contribution is -2.62. The normalized spacial score (nSPS) is 33.7. The molecule has 7 atom stereocenters. The number of imidazole rings is 1. The fraction of sp³-hybridized carbons (Fsp3) is 0.486. The summed E-state index contributed by atoms with van der Waals surface area (Å²) in [6.45, 7) is 6.52. The first kappa shape index (κ1) is 29.2. The summed E-state index contributed by atoms with van der Waals surface area (Å²) in [7, 11) is 1.97. The van der Waals surface area contributed by atoms with E-state index in [-0.39, 0.29) is 34.7 Å². The number of thioether (sulfide) groups is 1. The minimum Gasteiger partial charge on any atom is -0.393 e. The number of allylic oxidation sites excluding steroid dienone is 1. The Morgan fingerprint density at radius 1 is 1.11 bits per heavy atom. The molecule has 234 valence electrons. The summed E-state index contributed by atoms with van der Waals surface area (Å²) in [6, 6.07) is 16.4. The van der Waals surface area contributed by atoms with Gasteiger partial charge in [0.05, 0.1) is 40.5 Å². The van der Waals surface area contributed by atoms with Crippen molar-refractivity contribution < 1.29 is 15.0 Å². The zero-order chi connectivity index (χ0) is 31.3. The highest BCUT2D eigenvalue weighted by Gasteiger charge is 2.68. The van der Waals surface area contributed by atoms with E-state index in [4.69, 9.17) is 10.1 Å². The van der Waals surface area contributed by atoms with Crippen LogP contribution in [0.15, 0.2) is 65.5 Å². The molecular formula is C37H42N4O3S. The van der Waals surface area contributed by atoms with Gasteiger partial charge in [-0.05, 0) is 105 Å². The van der Waals surface area contributed by atoms with Crippen LogP contribution < -0.4 is 0 Å². The summed E-state index contributed by atoms with van der Waals surface area (Å²) >= 11 is 1.40. The van der Waals surface area contributed by atoms with Crippen LogP contribution in [0.3, 0.4) is 0 Å². The lowest BCUT2D eigenvalue weighted by atomic mass is 9.45. The smallest absolute Gasteiger partial charge is 0.175 e. The molecule has 3 fully saturated rings. The number of benzene rings is 2. The van der Waals surface area contributed by atoms with Crippen molar-refractivity contribution >= 4 is 34.7 Å². The molecule has 0 radical (unpaired) electrons. The third kappa shape index (κ3) is 4.14. The first-order chi connectivity index (χ1) is 21.5. The molecule has 2 aromatic heterocycles. The number of carbonyl (C=O) groups is 1. The van der Waals surface area contributed by atoms with Crippen molar-refractivity contribution in [3.63, 3.8) is 0 Å². The lowest BCUT2D eigenvalue weighted by molar-refractivity contribution is -0.177. The SMILES string of the molecule is Cc1ccc(-n2ncc3c2C=C2CCC4C(C(O)CC5(C)C4CC[C@]5(O)C(=O)CSc4nc5ccccc5n4C)C2(C)C3)cc1. The third-order valence-corrected chi connectivity index (χ3v) is 13.4. The van der Waals surface area contributed by atoms with E-state index < -0.39 is 17.1 Å². The van der Waals surface area contributed by atoms with Crippen LogP contribution in [0.1, 0.15) is 62.8 Å². The molecule has 4 aliphatic carbocycles. The number of Topliss-reactive ketones (excluding diaryl/α,β-unsaturated/α-hetero) is 1. The van der Waals surface area contributed by atoms with Gasteiger partial charge in [-0.15, -0.1) is 0 Å². The molecule has 7 nitrogen and oxygen atoms in total. The highest BCUT2D eigenvalue weighted by Crippen LogP contribution is 2.67. The number of rotatable bonds is 5. The van der Waals surface area contributed by atoms with Crippen molar-refractivity contribution in [2.75, 3.05) is 5.75 Å². The Kier molecular flexibility index (Phi) is 6.59. The summed E-state index contributed by atoms with van der Waals surface area (Å²) in [4.78, 5) is 18.7. The molecule has 0 spiro atoms. The number of carbonyl (C=O) groups excluding carboxylic acids is 1. The molecule has 45 heavy (non-hydrogen) atoms. The molecule has 6 unspecified atom stereocenters. The van der Waals surface area contributed by atoms with Gasteiger partial charge in [0.15, 0.2) is 10.9 Å². The minimum absolute atomic E-state index is 0.0817. The molecule has 4 aliphatic rings. The maximum absolute atomic E-state index is 14.0. The van der Waals surface area contributed by atoms with E-state index >= 15 is 0 Å². The van der Waals surface area contributed by atoms with Crippen molar-refractivity contribution in [2.45, 2.75) is 76.2 Å². The van der Waals surface area contributed by atoms with Crippen molar-refractivity contribution in [2.24, 2.45) is 35.6 Å². The zero-order valence-electron chi connectivity index (χ0n) is 26.5. The molecular weight excluding hydrogens is 580 g/mol. The van der Waals surface area contributed by atoms with Gasteiger partial charge in [-0.25, -0.2) is 9.67 Å². The van der Waals surface area contributed by atoms with Crippen molar-refractivity contribution in [3.05, 3.63) is 77.1 Å². The van der Waals surface area contributed by atoms with Gasteiger partial charge in [0.25, 0.3) is 0 Å². The predicted molar refractivity (Wildman–Crippen MR) is 177 cm³/mol. The van der Waals surface area contributed by atoms with Gasteiger partial charge in [-0.3, -0.25) is 4.79 Å². The summed E-state index contributed by atoms with van der Waals surface area (Å²) < 4.78 is 4.06. The molecule has 2 heterocycles. The van der Waals surface area contributed by atoms with Gasteiger partial charge in [-0.2, -0.15) is 5.10 Å². The Bertz CT molecular complexity index is 1860. The molecule has 0 amide bonds. The molecule has 4 aromatic rings. The predicted octanol–water partition coefficient (Wildman–Crippen LogP) is 6.31. The van der Waals surface area contributed by atoms with Gasteiger partial charge >= 0.3 is 0 Å². The van der Waals surface area contributed by atoms with Crippen molar-refractivity contribution in [3.8, 4) is 5.69 Å². The van der Waals surface area contributed by atoms with E-state index in [1.165, 1.54) is 28.5 Å². The Morgan fingerprint density at radius 2 is 1.89 bits per heavy atom. The second-order valence-electron chi connectivity index (χ2n) is 14.6. The lowest BCUT2D eigenvalue weighted by Gasteiger charge is -2.60. The number of nitrogens with zero attached hydrogens (tertiary/aromatic N) is 4. The summed E-state index contributed by atoms with van der Waals surface area (Å²) in [5.41, 5.74) is 5.69. The number of aryl methyl sites for hydroxylation is 2. The van der Waals surface area contributed by atoms with E-state index in [1.807, 2.05) is 42.1 Å². The standard InChI is InChI=1S/C37H42N4O3S/c1-22-9-12-25(13-10-22)41-30-17-24-11-14-26-27-15-16-37(44,32(43)21-45-34-39-28-7-5-6-8-29(28)40(34)4)36(27,3)19-31(42)33(26)35(24,2)18-23(30)20-38-41/h5-10,12-13,17,20,26-27,31,33,42,44H,11,14-16,18-19,21H2,1-4H3/t26?,27?,31?,33?,35?,36?,37-/m0/s1. The minimum atomic E-state index is -1.45. The van der Waals surface area contributed by atoms with Gasteiger partial charge in [0.2, 0.25) is 0 Å². The zero-order valence-corrected chi connectivity index (χ0v) is 27.3. The molecule has 3 saturated carbocycles. The molecule has 0 aliphatic heterocycles. The average Bonchev–Trinajstić information content (AvgIpc) is 3.66. The molecule has 0 bridgehead atoms. The van der Waals surface area contributed by atoms with E-state index in [1.54, 1.807) is 0 Å². The van der Waals surface area contributed by atoms with Crippen LogP contribution >= 0.6 is 11.8 Å². The first-order valence-corrected chi connectivity index (χ1v) is 17.3. The average molecular weight is 623 g/mol. The Hall–Kier alpha value is -3.20. The van der Waals surface area contributed by atoms with Crippen molar-refractivity contribution in [1.29, 1.82) is 0 Å². The molecule has 8 heteroatoms. The number of aromatic nitrogens is 4. The largest absolute Gasteiger partial charge is 0.393 e. The van der Waals surface area contributed by atoms with E-state index in [9.17, 15) is 15.0 Å². The maximum atomic E-state index is 14.0. The van der Waals surface area contributed by atoms with Crippen LogP contribution in [0.4, 0.5) is 0 Å². The Balaban J connectivity index is 1.05. The fourth-order valence-electron chi connectivity index (χ4n) is 10.0. The number of hydrogen-bond donors (Lipinski definition) is 2.